The summed E-state index contributed by atoms with van der Waals surface area (Å²) in [5.41, 5.74) is 4.88. The van der Waals surface area contributed by atoms with Gasteiger partial charge in [-0.2, -0.15) is 0 Å². The molecule has 0 saturated carbocycles. The maximum absolute atomic E-state index is 4.52. The zero-order valence-electron chi connectivity index (χ0n) is 10.6. The highest BCUT2D eigenvalue weighted by Gasteiger charge is 2.24. The average Bonchev–Trinajstić information content (AvgIpc) is 2.77. The van der Waals surface area contributed by atoms with E-state index in [9.17, 15) is 0 Å². The summed E-state index contributed by atoms with van der Waals surface area (Å²) < 4.78 is 2.17. The SMILES string of the molecule is Cc1cc(Br)c(NC2CCc3cccnc32)c(Br)c1. The number of halogens is 2. The average molecular weight is 382 g/mol. The van der Waals surface area contributed by atoms with Crippen LogP contribution in [0.3, 0.4) is 0 Å². The number of benzene rings is 1. The zero-order valence-corrected chi connectivity index (χ0v) is 13.8. The minimum atomic E-state index is 0.298. The van der Waals surface area contributed by atoms with E-state index in [-0.39, 0.29) is 0 Å². The number of pyridine rings is 1. The first-order valence-corrected chi connectivity index (χ1v) is 7.89. The Labute approximate surface area is 129 Å². The first kappa shape index (κ1) is 13.1. The van der Waals surface area contributed by atoms with Crippen LogP contribution in [0.2, 0.25) is 0 Å². The predicted octanol–water partition coefficient (Wildman–Crippen LogP) is 5.01. The second-order valence-corrected chi connectivity index (χ2v) is 6.60. The lowest BCUT2D eigenvalue weighted by atomic mass is 10.2. The van der Waals surface area contributed by atoms with Gasteiger partial charge in [-0.15, -0.1) is 0 Å². The molecule has 1 aromatic carbocycles. The molecule has 0 radical (unpaired) electrons. The monoisotopic (exact) mass is 380 g/mol. The molecule has 1 N–H and O–H groups in total. The minimum absolute atomic E-state index is 0.298. The van der Waals surface area contributed by atoms with Crippen LogP contribution < -0.4 is 5.32 Å². The number of hydrogen-bond acceptors (Lipinski definition) is 2. The summed E-state index contributed by atoms with van der Waals surface area (Å²) in [6, 6.07) is 8.73. The van der Waals surface area contributed by atoms with E-state index in [1.54, 1.807) is 0 Å². The van der Waals surface area contributed by atoms with Crippen LogP contribution in [0.25, 0.3) is 0 Å². The van der Waals surface area contributed by atoms with Crippen LogP contribution in [0.5, 0.6) is 0 Å². The van der Waals surface area contributed by atoms with E-state index in [2.05, 4.69) is 67.3 Å². The topological polar surface area (TPSA) is 24.9 Å². The molecule has 98 valence electrons. The van der Waals surface area contributed by atoms with E-state index < -0.39 is 0 Å². The van der Waals surface area contributed by atoms with Gasteiger partial charge in [0.1, 0.15) is 0 Å². The number of hydrogen-bond donors (Lipinski definition) is 1. The number of aryl methyl sites for hydroxylation is 2. The summed E-state index contributed by atoms with van der Waals surface area (Å²) in [5.74, 6) is 0. The molecule has 19 heavy (non-hydrogen) atoms. The van der Waals surface area contributed by atoms with E-state index in [4.69, 9.17) is 0 Å². The van der Waals surface area contributed by atoms with Crippen molar-refractivity contribution in [2.24, 2.45) is 0 Å². The van der Waals surface area contributed by atoms with Gasteiger partial charge in [-0.3, -0.25) is 4.98 Å². The van der Waals surface area contributed by atoms with Crippen molar-refractivity contribution in [3.63, 3.8) is 0 Å². The van der Waals surface area contributed by atoms with Crippen molar-refractivity contribution in [3.05, 3.63) is 56.2 Å². The van der Waals surface area contributed by atoms with Gasteiger partial charge in [0.2, 0.25) is 0 Å². The lowest BCUT2D eigenvalue weighted by Crippen LogP contribution is -2.09. The maximum Gasteiger partial charge on any atom is 0.0692 e. The number of anilines is 1. The fourth-order valence-electron chi connectivity index (χ4n) is 2.57. The highest BCUT2D eigenvalue weighted by molar-refractivity contribution is 9.11. The summed E-state index contributed by atoms with van der Waals surface area (Å²) >= 11 is 7.26. The Balaban J connectivity index is 1.92. The molecular weight excluding hydrogens is 368 g/mol. The predicted molar refractivity (Wildman–Crippen MR) is 85.5 cm³/mol. The number of nitrogens with one attached hydrogen (secondary N) is 1. The Bertz CT molecular complexity index is 602. The van der Waals surface area contributed by atoms with Crippen molar-refractivity contribution in [3.8, 4) is 0 Å². The van der Waals surface area contributed by atoms with Gasteiger partial charge in [0.25, 0.3) is 0 Å². The van der Waals surface area contributed by atoms with Crippen molar-refractivity contribution in [1.82, 2.24) is 4.98 Å². The molecule has 0 bridgehead atoms. The minimum Gasteiger partial charge on any atom is -0.375 e. The van der Waals surface area contributed by atoms with Gasteiger partial charge in [0.05, 0.1) is 17.4 Å². The van der Waals surface area contributed by atoms with E-state index in [0.717, 1.165) is 27.5 Å². The zero-order chi connectivity index (χ0) is 13.4. The summed E-state index contributed by atoms with van der Waals surface area (Å²) in [6.07, 6.45) is 4.07. The summed E-state index contributed by atoms with van der Waals surface area (Å²) in [4.78, 5) is 4.52. The third kappa shape index (κ3) is 2.56. The van der Waals surface area contributed by atoms with Crippen LogP contribution in [0, 0.1) is 6.92 Å². The van der Waals surface area contributed by atoms with Gasteiger partial charge >= 0.3 is 0 Å². The van der Waals surface area contributed by atoms with E-state index in [0.29, 0.717) is 6.04 Å². The third-order valence-electron chi connectivity index (χ3n) is 3.46. The van der Waals surface area contributed by atoms with Crippen molar-refractivity contribution < 1.29 is 0 Å². The molecule has 2 nitrogen and oxygen atoms in total. The molecular formula is C15H14Br2N2. The summed E-state index contributed by atoms with van der Waals surface area (Å²) in [6.45, 7) is 2.09. The number of rotatable bonds is 2. The van der Waals surface area contributed by atoms with Crippen LogP contribution in [-0.2, 0) is 6.42 Å². The molecule has 0 amide bonds. The van der Waals surface area contributed by atoms with Gasteiger partial charge in [-0.25, -0.2) is 0 Å². The number of fused-ring (bicyclic) bond motifs is 1. The van der Waals surface area contributed by atoms with Crippen molar-refractivity contribution >= 4 is 37.5 Å². The van der Waals surface area contributed by atoms with Crippen molar-refractivity contribution in [1.29, 1.82) is 0 Å². The molecule has 1 atom stereocenters. The maximum atomic E-state index is 4.52. The highest BCUT2D eigenvalue weighted by atomic mass is 79.9. The highest BCUT2D eigenvalue weighted by Crippen LogP contribution is 2.38. The van der Waals surface area contributed by atoms with Crippen LogP contribution in [0.4, 0.5) is 5.69 Å². The third-order valence-corrected chi connectivity index (χ3v) is 4.71. The Morgan fingerprint density at radius 1 is 1.26 bits per heavy atom. The Morgan fingerprint density at radius 3 is 2.74 bits per heavy atom. The second kappa shape index (κ2) is 5.25. The molecule has 4 heteroatoms. The molecule has 0 aliphatic heterocycles. The van der Waals surface area contributed by atoms with Gasteiger partial charge in [0.15, 0.2) is 0 Å². The molecule has 0 saturated heterocycles. The summed E-state index contributed by atoms with van der Waals surface area (Å²) in [5, 5.41) is 3.60. The first-order valence-electron chi connectivity index (χ1n) is 6.31. The smallest absolute Gasteiger partial charge is 0.0692 e. The lowest BCUT2D eigenvalue weighted by Gasteiger charge is -2.18. The van der Waals surface area contributed by atoms with Crippen molar-refractivity contribution in [2.45, 2.75) is 25.8 Å². The molecule has 1 heterocycles. The molecule has 1 aliphatic carbocycles. The van der Waals surface area contributed by atoms with Gasteiger partial charge in [-0.05, 0) is 81.0 Å². The quantitative estimate of drug-likeness (QED) is 0.790. The van der Waals surface area contributed by atoms with Gasteiger partial charge < -0.3 is 5.32 Å². The van der Waals surface area contributed by atoms with Crippen LogP contribution in [0.15, 0.2) is 39.4 Å². The standard InChI is InChI=1S/C15H14Br2N2/c1-9-7-11(16)15(12(17)8-9)19-13-5-4-10-3-2-6-18-14(10)13/h2-3,6-8,13,19H,4-5H2,1H3. The Kier molecular flexibility index (Phi) is 3.63. The van der Waals surface area contributed by atoms with Crippen LogP contribution in [-0.4, -0.2) is 4.98 Å². The molecule has 1 aliphatic rings. The van der Waals surface area contributed by atoms with Crippen molar-refractivity contribution in [2.75, 3.05) is 5.32 Å². The Hall–Kier alpha value is -0.870. The second-order valence-electron chi connectivity index (χ2n) is 4.89. The fraction of sp³-hybridized carbons (Fsp3) is 0.267. The molecule has 0 spiro atoms. The molecule has 0 fully saturated rings. The fourth-order valence-corrected chi connectivity index (χ4v) is 4.21. The lowest BCUT2D eigenvalue weighted by molar-refractivity contribution is 0.745. The van der Waals surface area contributed by atoms with E-state index >= 15 is 0 Å². The number of aromatic nitrogens is 1. The normalized spacial score (nSPS) is 17.3. The first-order chi connectivity index (χ1) is 9.15. The van der Waals surface area contributed by atoms with Gasteiger partial charge in [-0.1, -0.05) is 6.07 Å². The Morgan fingerprint density at radius 2 is 2.00 bits per heavy atom. The molecule has 3 rings (SSSR count). The molecule has 1 aromatic heterocycles. The van der Waals surface area contributed by atoms with E-state index in [1.807, 2.05) is 12.3 Å². The van der Waals surface area contributed by atoms with Crippen LogP contribution >= 0.6 is 31.9 Å². The largest absolute Gasteiger partial charge is 0.375 e. The van der Waals surface area contributed by atoms with E-state index in [1.165, 1.54) is 16.8 Å². The molecule has 2 aromatic rings. The van der Waals surface area contributed by atoms with Gasteiger partial charge in [0, 0.05) is 15.1 Å². The summed E-state index contributed by atoms with van der Waals surface area (Å²) in [7, 11) is 0. The van der Waals surface area contributed by atoms with Crippen LogP contribution in [0.1, 0.15) is 29.3 Å². The number of nitrogens with zero attached hydrogens (tertiary/aromatic N) is 1. The molecule has 1 unspecified atom stereocenters.